The van der Waals surface area contributed by atoms with Crippen LogP contribution in [0.4, 0.5) is 0 Å². The molecule has 20 heavy (non-hydrogen) atoms. The summed E-state index contributed by atoms with van der Waals surface area (Å²) < 4.78 is 5.27. The standard InChI is InChI=1S/C14H17N3O2.ClH/c1-2-9-3-5-10(6-4-9)13-16-14(19-17-13)12-7-11(18)8-15-12;/h3-6,11-12,15,18H,2,7-8H2,1H3;1H/t11-,12-;/m1./s1. The normalized spacial score (nSPS) is 21.7. The molecule has 0 amide bonds. The fourth-order valence-electron chi connectivity index (χ4n) is 2.29. The number of aryl methyl sites for hydroxylation is 1. The van der Waals surface area contributed by atoms with Crippen molar-refractivity contribution in [1.29, 1.82) is 0 Å². The highest BCUT2D eigenvalue weighted by molar-refractivity contribution is 5.85. The summed E-state index contributed by atoms with van der Waals surface area (Å²) in [4.78, 5) is 4.40. The second-order valence-electron chi connectivity index (χ2n) is 4.86. The Labute approximate surface area is 123 Å². The first-order valence-corrected chi connectivity index (χ1v) is 6.60. The zero-order valence-electron chi connectivity index (χ0n) is 11.2. The molecule has 0 unspecified atom stereocenters. The Morgan fingerprint density at radius 2 is 2.10 bits per heavy atom. The molecule has 0 bridgehead atoms. The molecule has 1 aliphatic rings. The van der Waals surface area contributed by atoms with Crippen LogP contribution < -0.4 is 5.32 Å². The molecule has 1 saturated heterocycles. The predicted octanol–water partition coefficient (Wildman–Crippen LogP) is 2.12. The lowest BCUT2D eigenvalue weighted by Crippen LogP contribution is -2.15. The number of aliphatic hydroxyl groups is 1. The first-order valence-electron chi connectivity index (χ1n) is 6.60. The number of hydrogen-bond donors (Lipinski definition) is 2. The number of benzene rings is 1. The zero-order valence-corrected chi connectivity index (χ0v) is 12.1. The highest BCUT2D eigenvalue weighted by atomic mass is 35.5. The van der Waals surface area contributed by atoms with Crippen LogP contribution in [0, 0.1) is 0 Å². The van der Waals surface area contributed by atoms with Gasteiger partial charge in [-0.2, -0.15) is 4.98 Å². The van der Waals surface area contributed by atoms with Gasteiger partial charge in [-0.25, -0.2) is 0 Å². The second-order valence-corrected chi connectivity index (χ2v) is 4.86. The average Bonchev–Trinajstić information content (AvgIpc) is 3.07. The van der Waals surface area contributed by atoms with Crippen molar-refractivity contribution in [3.8, 4) is 11.4 Å². The molecule has 1 aliphatic heterocycles. The van der Waals surface area contributed by atoms with Gasteiger partial charge in [-0.05, 0) is 18.4 Å². The lowest BCUT2D eigenvalue weighted by molar-refractivity contribution is 0.191. The fourth-order valence-corrected chi connectivity index (χ4v) is 2.29. The number of nitrogens with zero attached hydrogens (tertiary/aromatic N) is 2. The van der Waals surface area contributed by atoms with Crippen molar-refractivity contribution in [3.05, 3.63) is 35.7 Å². The summed E-state index contributed by atoms with van der Waals surface area (Å²) in [5.41, 5.74) is 2.23. The number of β-amino-alcohol motifs (C(OH)–C–C–N with tert-alkyl or cyclic N) is 1. The molecular weight excluding hydrogens is 278 g/mol. The van der Waals surface area contributed by atoms with E-state index in [0.717, 1.165) is 12.0 Å². The van der Waals surface area contributed by atoms with E-state index in [1.54, 1.807) is 0 Å². The monoisotopic (exact) mass is 295 g/mol. The van der Waals surface area contributed by atoms with Crippen molar-refractivity contribution < 1.29 is 9.63 Å². The number of hydrogen-bond acceptors (Lipinski definition) is 5. The Bertz CT molecular complexity index is 556. The van der Waals surface area contributed by atoms with Gasteiger partial charge in [-0.1, -0.05) is 36.3 Å². The van der Waals surface area contributed by atoms with Crippen LogP contribution >= 0.6 is 12.4 Å². The molecule has 1 aromatic carbocycles. The van der Waals surface area contributed by atoms with Gasteiger partial charge in [0, 0.05) is 12.1 Å². The second kappa shape index (κ2) is 6.35. The molecule has 2 N–H and O–H groups in total. The Morgan fingerprint density at radius 3 is 2.70 bits per heavy atom. The minimum absolute atomic E-state index is 0. The average molecular weight is 296 g/mol. The third-order valence-electron chi connectivity index (χ3n) is 3.47. The number of rotatable bonds is 3. The quantitative estimate of drug-likeness (QED) is 0.907. The molecule has 108 valence electrons. The minimum atomic E-state index is -0.329. The molecular formula is C14H18ClN3O2. The summed E-state index contributed by atoms with van der Waals surface area (Å²) >= 11 is 0. The van der Waals surface area contributed by atoms with E-state index in [4.69, 9.17) is 4.52 Å². The maximum atomic E-state index is 9.49. The van der Waals surface area contributed by atoms with Crippen molar-refractivity contribution in [2.75, 3.05) is 6.54 Å². The van der Waals surface area contributed by atoms with E-state index in [-0.39, 0.29) is 24.6 Å². The van der Waals surface area contributed by atoms with Crippen LogP contribution in [0.5, 0.6) is 0 Å². The highest BCUT2D eigenvalue weighted by Crippen LogP contribution is 2.24. The van der Waals surface area contributed by atoms with Crippen molar-refractivity contribution in [1.82, 2.24) is 15.5 Å². The van der Waals surface area contributed by atoms with Crippen LogP contribution in [0.25, 0.3) is 11.4 Å². The molecule has 0 radical (unpaired) electrons. The summed E-state index contributed by atoms with van der Waals surface area (Å²) in [6.45, 7) is 2.70. The van der Waals surface area contributed by atoms with Crippen LogP contribution in [0.15, 0.2) is 28.8 Å². The van der Waals surface area contributed by atoms with Crippen LogP contribution in [0.2, 0.25) is 0 Å². The molecule has 6 heteroatoms. The molecule has 0 saturated carbocycles. The summed E-state index contributed by atoms with van der Waals surface area (Å²) in [6, 6.07) is 8.12. The Balaban J connectivity index is 0.00000147. The van der Waals surface area contributed by atoms with Crippen molar-refractivity contribution in [2.24, 2.45) is 0 Å². The Morgan fingerprint density at radius 1 is 1.35 bits per heavy atom. The minimum Gasteiger partial charge on any atom is -0.392 e. The maximum Gasteiger partial charge on any atom is 0.244 e. The number of aliphatic hydroxyl groups excluding tert-OH is 1. The van der Waals surface area contributed by atoms with Gasteiger partial charge in [0.25, 0.3) is 0 Å². The van der Waals surface area contributed by atoms with Gasteiger partial charge < -0.3 is 14.9 Å². The molecule has 1 aromatic heterocycles. The van der Waals surface area contributed by atoms with Crippen molar-refractivity contribution in [3.63, 3.8) is 0 Å². The predicted molar refractivity (Wildman–Crippen MR) is 77.7 cm³/mol. The molecule has 5 nitrogen and oxygen atoms in total. The Hall–Kier alpha value is -1.43. The number of aromatic nitrogens is 2. The van der Waals surface area contributed by atoms with Crippen LogP contribution in [0.1, 0.15) is 30.8 Å². The van der Waals surface area contributed by atoms with Crippen LogP contribution in [-0.2, 0) is 6.42 Å². The molecule has 0 spiro atoms. The van der Waals surface area contributed by atoms with E-state index in [1.165, 1.54) is 5.56 Å². The summed E-state index contributed by atoms with van der Waals surface area (Å²) in [5.74, 6) is 1.15. The smallest absolute Gasteiger partial charge is 0.244 e. The van der Waals surface area contributed by atoms with E-state index < -0.39 is 0 Å². The number of nitrogens with one attached hydrogen (secondary N) is 1. The highest BCUT2D eigenvalue weighted by Gasteiger charge is 2.28. The first-order chi connectivity index (χ1) is 9.26. The summed E-state index contributed by atoms with van der Waals surface area (Å²) in [7, 11) is 0. The van der Waals surface area contributed by atoms with Gasteiger partial charge >= 0.3 is 0 Å². The van der Waals surface area contributed by atoms with E-state index in [0.29, 0.717) is 24.7 Å². The third-order valence-corrected chi connectivity index (χ3v) is 3.47. The van der Waals surface area contributed by atoms with Gasteiger partial charge in [-0.3, -0.25) is 0 Å². The fraction of sp³-hybridized carbons (Fsp3) is 0.429. The van der Waals surface area contributed by atoms with Crippen molar-refractivity contribution in [2.45, 2.75) is 31.9 Å². The van der Waals surface area contributed by atoms with E-state index in [2.05, 4.69) is 34.5 Å². The van der Waals surface area contributed by atoms with Gasteiger partial charge in [0.2, 0.25) is 11.7 Å². The van der Waals surface area contributed by atoms with Gasteiger partial charge in [0.05, 0.1) is 12.1 Å². The topological polar surface area (TPSA) is 71.2 Å². The SMILES string of the molecule is CCc1ccc(-c2noc([C@H]3C[C@@H](O)CN3)n2)cc1.Cl. The molecule has 0 aliphatic carbocycles. The molecule has 3 rings (SSSR count). The summed E-state index contributed by atoms with van der Waals surface area (Å²) in [6.07, 6.45) is 1.31. The van der Waals surface area contributed by atoms with E-state index >= 15 is 0 Å². The van der Waals surface area contributed by atoms with E-state index in [1.807, 2.05) is 12.1 Å². The van der Waals surface area contributed by atoms with Crippen molar-refractivity contribution >= 4 is 12.4 Å². The lowest BCUT2D eigenvalue weighted by atomic mass is 10.1. The summed E-state index contributed by atoms with van der Waals surface area (Å²) in [5, 5.41) is 16.7. The number of halogens is 1. The van der Waals surface area contributed by atoms with Crippen LogP contribution in [0.3, 0.4) is 0 Å². The van der Waals surface area contributed by atoms with Gasteiger partial charge in [0.15, 0.2) is 0 Å². The van der Waals surface area contributed by atoms with Gasteiger partial charge in [-0.15, -0.1) is 12.4 Å². The molecule has 2 aromatic rings. The first kappa shape index (κ1) is 15.0. The lowest BCUT2D eigenvalue weighted by Gasteiger charge is -2.01. The third kappa shape index (κ3) is 3.00. The molecule has 1 fully saturated rings. The van der Waals surface area contributed by atoms with E-state index in [9.17, 15) is 5.11 Å². The maximum absolute atomic E-state index is 9.49. The molecule has 2 atom stereocenters. The zero-order chi connectivity index (χ0) is 13.2. The molecule has 2 heterocycles. The Kier molecular flexibility index (Phi) is 4.75. The van der Waals surface area contributed by atoms with Gasteiger partial charge in [0.1, 0.15) is 0 Å². The van der Waals surface area contributed by atoms with Crippen LogP contribution in [-0.4, -0.2) is 27.9 Å². The largest absolute Gasteiger partial charge is 0.392 e.